The number of hydrogen-bond donors (Lipinski definition) is 1. The van der Waals surface area contributed by atoms with Crippen molar-refractivity contribution in [3.05, 3.63) is 54.9 Å². The van der Waals surface area contributed by atoms with Crippen LogP contribution in [0.15, 0.2) is 43.7 Å². The fourth-order valence-electron chi connectivity index (χ4n) is 2.18. The lowest BCUT2D eigenvalue weighted by Crippen LogP contribution is -2.16. The molecule has 110 valence electrons. The van der Waals surface area contributed by atoms with Crippen molar-refractivity contribution in [2.24, 2.45) is 0 Å². The fourth-order valence-corrected chi connectivity index (χ4v) is 3.56. The van der Waals surface area contributed by atoms with Gasteiger partial charge in [0, 0.05) is 24.5 Å². The van der Waals surface area contributed by atoms with E-state index in [-0.39, 0.29) is 0 Å². The minimum atomic E-state index is -0.776. The average Bonchev–Trinajstić information content (AvgIpc) is 2.48. The van der Waals surface area contributed by atoms with E-state index in [9.17, 15) is 5.11 Å². The smallest absolute Gasteiger partial charge is 0.162 e. The quantitative estimate of drug-likeness (QED) is 0.672. The van der Waals surface area contributed by atoms with Crippen molar-refractivity contribution in [3.8, 4) is 11.5 Å². The van der Waals surface area contributed by atoms with Crippen molar-refractivity contribution in [2.75, 3.05) is 13.2 Å². The van der Waals surface area contributed by atoms with E-state index in [2.05, 4.69) is 47.8 Å². The summed E-state index contributed by atoms with van der Waals surface area (Å²) < 4.78 is 13.7. The zero-order chi connectivity index (χ0) is 15.0. The predicted molar refractivity (Wildman–Crippen MR) is 91.0 cm³/mol. The maximum absolute atomic E-state index is 10.7. The molecule has 3 nitrogen and oxygen atoms in total. The van der Waals surface area contributed by atoms with Crippen molar-refractivity contribution >= 4 is 47.8 Å². The van der Waals surface area contributed by atoms with Gasteiger partial charge in [-0.15, -0.1) is 0 Å². The summed E-state index contributed by atoms with van der Waals surface area (Å²) in [6, 6.07) is 9.35. The van der Waals surface area contributed by atoms with E-state index in [1.807, 2.05) is 30.3 Å². The Morgan fingerprint density at radius 2 is 1.48 bits per heavy atom. The molecule has 0 fully saturated rings. The van der Waals surface area contributed by atoms with E-state index in [0.717, 1.165) is 24.5 Å². The third-order valence-electron chi connectivity index (χ3n) is 3.21. The highest BCUT2D eigenvalue weighted by molar-refractivity contribution is 9.11. The van der Waals surface area contributed by atoms with Gasteiger partial charge in [0.15, 0.2) is 11.5 Å². The van der Waals surface area contributed by atoms with Gasteiger partial charge in [0.2, 0.25) is 0 Å². The van der Waals surface area contributed by atoms with Gasteiger partial charge in [-0.05, 0) is 30.3 Å². The summed E-state index contributed by atoms with van der Waals surface area (Å²) in [6.45, 7) is 1.06. The normalized spacial score (nSPS) is 14.9. The first-order valence-corrected chi connectivity index (χ1v) is 8.66. The van der Waals surface area contributed by atoms with Crippen LogP contribution in [0.2, 0.25) is 0 Å². The molecule has 0 spiro atoms. The maximum atomic E-state index is 10.7. The summed E-state index contributed by atoms with van der Waals surface area (Å²) in [4.78, 5) is 0. The van der Waals surface area contributed by atoms with Crippen molar-refractivity contribution in [1.82, 2.24) is 0 Å². The molecule has 1 unspecified atom stereocenters. The zero-order valence-corrected chi connectivity index (χ0v) is 15.5. The van der Waals surface area contributed by atoms with E-state index in [1.165, 1.54) is 0 Å². The average molecular weight is 479 g/mol. The number of benzene rings is 2. The van der Waals surface area contributed by atoms with Gasteiger partial charge in [-0.1, -0.05) is 47.8 Å². The molecule has 1 atom stereocenters. The van der Waals surface area contributed by atoms with E-state index >= 15 is 0 Å². The molecule has 6 heteroatoms. The van der Waals surface area contributed by atoms with Crippen LogP contribution in [-0.2, 0) is 0 Å². The number of ether oxygens (including phenoxy) is 2. The van der Waals surface area contributed by atoms with Crippen LogP contribution in [0.25, 0.3) is 0 Å². The number of aliphatic hydroxyl groups excluding tert-OH is 1. The molecule has 1 heterocycles. The third-order valence-corrected chi connectivity index (χ3v) is 5.11. The van der Waals surface area contributed by atoms with Crippen molar-refractivity contribution in [3.63, 3.8) is 0 Å². The number of aliphatic hydroxyl groups is 1. The second-order valence-corrected chi connectivity index (χ2v) is 7.21. The lowest BCUT2D eigenvalue weighted by Gasteiger charge is -2.22. The highest BCUT2D eigenvalue weighted by atomic mass is 79.9. The Kier molecular flexibility index (Phi) is 4.59. The summed E-state index contributed by atoms with van der Waals surface area (Å²) in [5.41, 5.74) is 1.51. The molecule has 1 N–H and O–H groups in total. The van der Waals surface area contributed by atoms with Crippen molar-refractivity contribution in [1.29, 1.82) is 0 Å². The van der Waals surface area contributed by atoms with Crippen molar-refractivity contribution < 1.29 is 14.6 Å². The topological polar surface area (TPSA) is 38.7 Å². The van der Waals surface area contributed by atoms with Gasteiger partial charge in [-0.2, -0.15) is 0 Å². The molecule has 0 saturated heterocycles. The molecule has 2 aromatic carbocycles. The van der Waals surface area contributed by atoms with E-state index in [4.69, 9.17) is 9.47 Å². The third kappa shape index (κ3) is 3.13. The number of hydrogen-bond acceptors (Lipinski definition) is 3. The molecular weight excluding hydrogens is 468 g/mol. The molecule has 3 rings (SSSR count). The summed E-state index contributed by atoms with van der Waals surface area (Å²) >= 11 is 10.4. The number of halogens is 3. The fraction of sp³-hybridized carbons (Fsp3) is 0.200. The van der Waals surface area contributed by atoms with E-state index < -0.39 is 6.10 Å². The van der Waals surface area contributed by atoms with Crippen LogP contribution in [0.5, 0.6) is 11.5 Å². The van der Waals surface area contributed by atoms with Gasteiger partial charge in [0.05, 0.1) is 0 Å². The summed E-state index contributed by atoms with van der Waals surface area (Å²) in [5, 5.41) is 10.7. The minimum Gasteiger partial charge on any atom is -0.486 e. The second-order valence-electron chi connectivity index (χ2n) is 4.59. The Hall–Kier alpha value is -0.560. The van der Waals surface area contributed by atoms with E-state index in [0.29, 0.717) is 24.7 Å². The summed E-state index contributed by atoms with van der Waals surface area (Å²) in [5.74, 6) is 1.35. The number of rotatable bonds is 2. The van der Waals surface area contributed by atoms with E-state index in [1.54, 1.807) is 0 Å². The predicted octanol–water partition coefficient (Wildman–Crippen LogP) is 4.83. The highest BCUT2D eigenvalue weighted by Gasteiger charge is 2.21. The Morgan fingerprint density at radius 1 is 0.857 bits per heavy atom. The van der Waals surface area contributed by atoms with Gasteiger partial charge in [0.1, 0.15) is 19.3 Å². The van der Waals surface area contributed by atoms with Gasteiger partial charge in [-0.25, -0.2) is 0 Å². The molecule has 0 amide bonds. The first kappa shape index (κ1) is 15.3. The second kappa shape index (κ2) is 6.28. The molecule has 1 aliphatic rings. The Morgan fingerprint density at radius 3 is 2.19 bits per heavy atom. The first-order chi connectivity index (χ1) is 10.1. The van der Waals surface area contributed by atoms with Crippen LogP contribution in [0.4, 0.5) is 0 Å². The van der Waals surface area contributed by atoms with Gasteiger partial charge >= 0.3 is 0 Å². The standard InChI is InChI=1S/C15H11Br3O3/c16-8-1-2-11(17)9(5-8)15(19)10-6-13-14(7-12(10)18)21-4-3-20-13/h1-2,5-7,15,19H,3-4H2. The monoisotopic (exact) mass is 476 g/mol. The lowest BCUT2D eigenvalue weighted by molar-refractivity contribution is 0.169. The molecule has 2 aromatic rings. The Balaban J connectivity index is 2.05. The van der Waals surface area contributed by atoms with Crippen LogP contribution in [0.1, 0.15) is 17.2 Å². The van der Waals surface area contributed by atoms with Gasteiger partial charge in [0.25, 0.3) is 0 Å². The molecule has 0 radical (unpaired) electrons. The first-order valence-electron chi connectivity index (χ1n) is 6.28. The summed E-state index contributed by atoms with van der Waals surface area (Å²) in [6.07, 6.45) is -0.776. The molecule has 0 aliphatic carbocycles. The highest BCUT2D eigenvalue weighted by Crippen LogP contribution is 2.41. The van der Waals surface area contributed by atoms with Gasteiger partial charge < -0.3 is 14.6 Å². The van der Waals surface area contributed by atoms with Crippen LogP contribution in [-0.4, -0.2) is 18.3 Å². The minimum absolute atomic E-state index is 0.519. The van der Waals surface area contributed by atoms with Crippen LogP contribution in [0.3, 0.4) is 0 Å². The zero-order valence-electron chi connectivity index (χ0n) is 10.8. The molecule has 0 saturated carbocycles. The Labute approximate surface area is 147 Å². The molecule has 0 aromatic heterocycles. The van der Waals surface area contributed by atoms with Crippen LogP contribution < -0.4 is 9.47 Å². The molecule has 21 heavy (non-hydrogen) atoms. The molecule has 1 aliphatic heterocycles. The van der Waals surface area contributed by atoms with Crippen LogP contribution in [0, 0.1) is 0 Å². The SMILES string of the molecule is OC(c1cc(Br)ccc1Br)c1cc2c(cc1Br)OCCO2. The Bertz CT molecular complexity index is 688. The number of fused-ring (bicyclic) bond motifs is 1. The molecule has 0 bridgehead atoms. The van der Waals surface area contributed by atoms with Crippen molar-refractivity contribution in [2.45, 2.75) is 6.10 Å². The van der Waals surface area contributed by atoms with Gasteiger partial charge in [-0.3, -0.25) is 0 Å². The molecular formula is C15H11Br3O3. The largest absolute Gasteiger partial charge is 0.486 e. The maximum Gasteiger partial charge on any atom is 0.162 e. The lowest BCUT2D eigenvalue weighted by atomic mass is 10.0. The summed E-state index contributed by atoms with van der Waals surface area (Å²) in [7, 11) is 0. The van der Waals surface area contributed by atoms with Crippen LogP contribution >= 0.6 is 47.8 Å².